The summed E-state index contributed by atoms with van der Waals surface area (Å²) >= 11 is 0. The van der Waals surface area contributed by atoms with Gasteiger partial charge in [-0.2, -0.15) is 0 Å². The number of likely N-dealkylation sites (tertiary alicyclic amines) is 1. The molecule has 0 unspecified atom stereocenters. The Kier molecular flexibility index (Phi) is 6.86. The summed E-state index contributed by atoms with van der Waals surface area (Å²) in [6, 6.07) is 12.4. The van der Waals surface area contributed by atoms with Crippen molar-refractivity contribution in [2.45, 2.75) is 26.7 Å². The molecule has 0 saturated carbocycles. The minimum absolute atomic E-state index is 0. The summed E-state index contributed by atoms with van der Waals surface area (Å²) in [5, 5.41) is 2.88. The molecule has 1 aliphatic rings. The molecule has 144 valence electrons. The van der Waals surface area contributed by atoms with E-state index in [0.717, 1.165) is 31.5 Å². The van der Waals surface area contributed by atoms with Crippen LogP contribution in [0, 0.1) is 12.8 Å². The third-order valence-electron chi connectivity index (χ3n) is 4.98. The number of carbonyl (C=O) groups excluding carboxylic acids is 2. The zero-order valence-corrected chi connectivity index (χ0v) is 16.5. The van der Waals surface area contributed by atoms with Gasteiger partial charge in [0.05, 0.1) is 11.3 Å². The fraction of sp³-hybridized carbons (Fsp3) is 0.333. The monoisotopic (exact) mass is 387 g/mol. The number of nitrogens with one attached hydrogen (secondary N) is 1. The second-order valence-corrected chi connectivity index (χ2v) is 7.05. The van der Waals surface area contributed by atoms with E-state index in [1.807, 2.05) is 30.0 Å². The molecule has 27 heavy (non-hydrogen) atoms. The molecule has 5 nitrogen and oxygen atoms in total. The zero-order valence-electron chi connectivity index (χ0n) is 15.7. The first-order valence-electron chi connectivity index (χ1n) is 9.01. The van der Waals surface area contributed by atoms with Crippen molar-refractivity contribution in [3.05, 3.63) is 59.2 Å². The maximum absolute atomic E-state index is 12.9. The smallest absolute Gasteiger partial charge is 0.256 e. The van der Waals surface area contributed by atoms with Crippen LogP contribution in [-0.4, -0.2) is 29.8 Å². The lowest BCUT2D eigenvalue weighted by molar-refractivity contribution is 0.0698. The van der Waals surface area contributed by atoms with Crippen molar-refractivity contribution in [2.24, 2.45) is 5.92 Å². The molecule has 2 aromatic carbocycles. The Morgan fingerprint density at radius 3 is 2.44 bits per heavy atom. The van der Waals surface area contributed by atoms with Crippen LogP contribution in [0.15, 0.2) is 42.5 Å². The van der Waals surface area contributed by atoms with Crippen LogP contribution in [0.5, 0.6) is 0 Å². The van der Waals surface area contributed by atoms with Crippen molar-refractivity contribution in [1.29, 1.82) is 0 Å². The van der Waals surface area contributed by atoms with E-state index in [1.54, 1.807) is 24.3 Å². The second kappa shape index (κ2) is 8.91. The molecule has 0 spiro atoms. The molecule has 0 aliphatic carbocycles. The quantitative estimate of drug-likeness (QED) is 0.777. The Labute approximate surface area is 166 Å². The highest BCUT2D eigenvalue weighted by atomic mass is 35.5. The van der Waals surface area contributed by atoms with Gasteiger partial charge in [0.15, 0.2) is 0 Å². The third-order valence-corrected chi connectivity index (χ3v) is 4.98. The lowest BCUT2D eigenvalue weighted by Gasteiger charge is -2.30. The highest BCUT2D eigenvalue weighted by molar-refractivity contribution is 6.09. The minimum atomic E-state index is -0.262. The summed E-state index contributed by atoms with van der Waals surface area (Å²) in [6.07, 6.45) is 2.03. The highest BCUT2D eigenvalue weighted by Crippen LogP contribution is 2.23. The van der Waals surface area contributed by atoms with Crippen LogP contribution in [0.4, 0.5) is 11.4 Å². The Morgan fingerprint density at radius 2 is 1.74 bits per heavy atom. The summed E-state index contributed by atoms with van der Waals surface area (Å²) in [5.74, 6) is 0.361. The number of amides is 2. The van der Waals surface area contributed by atoms with E-state index in [1.165, 1.54) is 0 Å². The number of rotatable bonds is 3. The van der Waals surface area contributed by atoms with Gasteiger partial charge in [0.2, 0.25) is 0 Å². The van der Waals surface area contributed by atoms with Crippen LogP contribution in [-0.2, 0) is 0 Å². The molecule has 2 amide bonds. The Bertz CT molecular complexity index is 830. The summed E-state index contributed by atoms with van der Waals surface area (Å²) in [5.41, 5.74) is 8.75. The fourth-order valence-corrected chi connectivity index (χ4v) is 3.23. The SMILES string of the molecule is Cc1ccc(N)cc1C(=O)Nc1ccccc1C(=O)N1CCC(C)CC1.Cl. The Balaban J connectivity index is 0.00000261. The minimum Gasteiger partial charge on any atom is -0.399 e. The van der Waals surface area contributed by atoms with Crippen molar-refractivity contribution in [1.82, 2.24) is 4.90 Å². The molecule has 0 bridgehead atoms. The van der Waals surface area contributed by atoms with Crippen molar-refractivity contribution in [3.63, 3.8) is 0 Å². The molecule has 1 aliphatic heterocycles. The van der Waals surface area contributed by atoms with E-state index in [2.05, 4.69) is 12.2 Å². The number of halogens is 1. The second-order valence-electron chi connectivity index (χ2n) is 7.05. The van der Waals surface area contributed by atoms with Gasteiger partial charge in [0, 0.05) is 24.3 Å². The van der Waals surface area contributed by atoms with E-state index in [4.69, 9.17) is 5.73 Å². The van der Waals surface area contributed by atoms with Gasteiger partial charge in [0.25, 0.3) is 11.8 Å². The maximum Gasteiger partial charge on any atom is 0.256 e. The Hall–Kier alpha value is -2.53. The van der Waals surface area contributed by atoms with Crippen molar-refractivity contribution in [3.8, 4) is 0 Å². The van der Waals surface area contributed by atoms with Gasteiger partial charge in [-0.1, -0.05) is 25.1 Å². The summed E-state index contributed by atoms with van der Waals surface area (Å²) in [4.78, 5) is 27.5. The average Bonchev–Trinajstić information content (AvgIpc) is 2.64. The van der Waals surface area contributed by atoms with E-state index < -0.39 is 0 Å². The number of carbonyl (C=O) groups is 2. The largest absolute Gasteiger partial charge is 0.399 e. The van der Waals surface area contributed by atoms with Crippen molar-refractivity contribution in [2.75, 3.05) is 24.1 Å². The number of piperidine rings is 1. The van der Waals surface area contributed by atoms with Gasteiger partial charge in [-0.05, 0) is 55.5 Å². The van der Waals surface area contributed by atoms with Crippen molar-refractivity contribution >= 4 is 35.6 Å². The molecule has 6 heteroatoms. The molecule has 1 fully saturated rings. The Morgan fingerprint density at radius 1 is 1.07 bits per heavy atom. The topological polar surface area (TPSA) is 75.4 Å². The summed E-state index contributed by atoms with van der Waals surface area (Å²) < 4.78 is 0. The van der Waals surface area contributed by atoms with Gasteiger partial charge in [0.1, 0.15) is 0 Å². The average molecular weight is 388 g/mol. The van der Waals surface area contributed by atoms with Gasteiger partial charge in [-0.25, -0.2) is 0 Å². The molecule has 3 rings (SSSR count). The first-order valence-corrected chi connectivity index (χ1v) is 9.01. The molecule has 1 heterocycles. The van der Waals surface area contributed by atoms with Crippen LogP contribution in [0.1, 0.15) is 46.0 Å². The number of hydrogen-bond acceptors (Lipinski definition) is 3. The molecule has 2 aromatic rings. The van der Waals surface area contributed by atoms with Crippen LogP contribution in [0.2, 0.25) is 0 Å². The lowest BCUT2D eigenvalue weighted by atomic mass is 9.98. The van der Waals surface area contributed by atoms with Crippen LogP contribution in [0.25, 0.3) is 0 Å². The zero-order chi connectivity index (χ0) is 18.7. The molecule has 0 atom stereocenters. The van der Waals surface area contributed by atoms with E-state index in [9.17, 15) is 9.59 Å². The molecule has 0 radical (unpaired) electrons. The standard InChI is InChI=1S/C21H25N3O2.ClH/c1-14-9-11-24(12-10-14)21(26)17-5-3-4-6-19(17)23-20(25)18-13-16(22)8-7-15(18)2;/h3-8,13-14H,9-12,22H2,1-2H3,(H,23,25);1H. The first-order chi connectivity index (χ1) is 12.5. The van der Waals surface area contributed by atoms with Gasteiger partial charge in [-0.15, -0.1) is 12.4 Å². The third kappa shape index (κ3) is 4.80. The number of aryl methyl sites for hydroxylation is 1. The number of hydrogen-bond donors (Lipinski definition) is 2. The molecule has 1 saturated heterocycles. The normalized spacial score (nSPS) is 14.4. The number of anilines is 2. The van der Waals surface area contributed by atoms with Gasteiger partial charge < -0.3 is 16.0 Å². The molecular weight excluding hydrogens is 362 g/mol. The van der Waals surface area contributed by atoms with Gasteiger partial charge in [-0.3, -0.25) is 9.59 Å². The number of nitrogens with two attached hydrogens (primary N) is 1. The molecule has 0 aromatic heterocycles. The molecular formula is C21H26ClN3O2. The van der Waals surface area contributed by atoms with E-state index in [-0.39, 0.29) is 24.2 Å². The fourth-order valence-electron chi connectivity index (χ4n) is 3.23. The van der Waals surface area contributed by atoms with Crippen LogP contribution >= 0.6 is 12.4 Å². The highest BCUT2D eigenvalue weighted by Gasteiger charge is 2.24. The summed E-state index contributed by atoms with van der Waals surface area (Å²) in [7, 11) is 0. The van der Waals surface area contributed by atoms with Crippen LogP contribution < -0.4 is 11.1 Å². The van der Waals surface area contributed by atoms with Crippen LogP contribution in [0.3, 0.4) is 0 Å². The first kappa shape index (κ1) is 20.8. The van der Waals surface area contributed by atoms with Crippen molar-refractivity contribution < 1.29 is 9.59 Å². The van der Waals surface area contributed by atoms with E-state index in [0.29, 0.717) is 28.4 Å². The summed E-state index contributed by atoms with van der Waals surface area (Å²) in [6.45, 7) is 5.59. The van der Waals surface area contributed by atoms with Gasteiger partial charge >= 0.3 is 0 Å². The lowest BCUT2D eigenvalue weighted by Crippen LogP contribution is -2.38. The van der Waals surface area contributed by atoms with E-state index >= 15 is 0 Å². The number of benzene rings is 2. The number of nitrogens with zero attached hydrogens (tertiary/aromatic N) is 1. The number of nitrogen functional groups attached to an aromatic ring is 1. The predicted octanol–water partition coefficient (Wildman–Crippen LogP) is 4.12. The number of para-hydroxylation sites is 1. The maximum atomic E-state index is 12.9. The molecule has 3 N–H and O–H groups in total. The predicted molar refractivity (Wildman–Crippen MR) is 112 cm³/mol.